The second-order valence-corrected chi connectivity index (χ2v) is 2.68. The van der Waals surface area contributed by atoms with Gasteiger partial charge in [0, 0.05) is 11.6 Å². The first-order valence-corrected chi connectivity index (χ1v) is 3.66. The van der Waals surface area contributed by atoms with Gasteiger partial charge >= 0.3 is 0 Å². The molecule has 0 aliphatic carbocycles. The van der Waals surface area contributed by atoms with Gasteiger partial charge < -0.3 is 5.11 Å². The van der Waals surface area contributed by atoms with Gasteiger partial charge in [0.05, 0.1) is 0 Å². The summed E-state index contributed by atoms with van der Waals surface area (Å²) in [5.74, 6) is -2.23. The molecule has 0 saturated carbocycles. The number of ketones is 1. The number of hydrogen-bond acceptors (Lipinski definition) is 2. The van der Waals surface area contributed by atoms with Crippen molar-refractivity contribution in [2.45, 2.75) is 13.0 Å². The van der Waals surface area contributed by atoms with Gasteiger partial charge in [-0.1, -0.05) is 6.07 Å². The zero-order valence-electron chi connectivity index (χ0n) is 6.92. The monoisotopic (exact) mass is 186 g/mol. The van der Waals surface area contributed by atoms with Crippen LogP contribution in [0.3, 0.4) is 0 Å². The molecule has 1 atom stereocenters. The third-order valence-corrected chi connectivity index (χ3v) is 1.64. The van der Waals surface area contributed by atoms with Gasteiger partial charge in [-0.25, -0.2) is 8.78 Å². The molecule has 1 N–H and O–H groups in total. The van der Waals surface area contributed by atoms with Gasteiger partial charge in [0.25, 0.3) is 0 Å². The maximum absolute atomic E-state index is 12.9. The SMILES string of the molecule is CC(=O)[C@H](O)c1ccc(F)cc1F. The van der Waals surface area contributed by atoms with E-state index in [-0.39, 0.29) is 5.56 Å². The zero-order chi connectivity index (χ0) is 10.0. The van der Waals surface area contributed by atoms with Crippen LogP contribution in [0.15, 0.2) is 18.2 Å². The van der Waals surface area contributed by atoms with Crippen LogP contribution in [-0.4, -0.2) is 10.9 Å². The number of benzene rings is 1. The molecule has 0 bridgehead atoms. The quantitative estimate of drug-likeness (QED) is 0.761. The standard InChI is InChI=1S/C9H8F2O2/c1-5(12)9(13)7-3-2-6(10)4-8(7)11/h2-4,9,13H,1H3/t9-/m0/s1. The van der Waals surface area contributed by atoms with Crippen molar-refractivity contribution in [3.8, 4) is 0 Å². The minimum absolute atomic E-state index is 0.200. The van der Waals surface area contributed by atoms with E-state index in [0.717, 1.165) is 19.1 Å². The molecule has 0 amide bonds. The highest BCUT2D eigenvalue weighted by Crippen LogP contribution is 2.18. The molecule has 0 unspecified atom stereocenters. The van der Waals surface area contributed by atoms with Crippen molar-refractivity contribution in [3.63, 3.8) is 0 Å². The third kappa shape index (κ3) is 2.09. The molecular weight excluding hydrogens is 178 g/mol. The molecule has 1 aromatic carbocycles. The fourth-order valence-corrected chi connectivity index (χ4v) is 0.942. The van der Waals surface area contributed by atoms with E-state index in [0.29, 0.717) is 6.07 Å². The average molecular weight is 186 g/mol. The van der Waals surface area contributed by atoms with Gasteiger partial charge in [0.1, 0.15) is 17.7 Å². The molecule has 0 radical (unpaired) electrons. The predicted molar refractivity (Wildman–Crippen MR) is 42.0 cm³/mol. The molecule has 1 aromatic rings. The molecule has 0 aliphatic rings. The fourth-order valence-electron chi connectivity index (χ4n) is 0.942. The molecule has 13 heavy (non-hydrogen) atoms. The number of halogens is 2. The minimum Gasteiger partial charge on any atom is -0.380 e. The topological polar surface area (TPSA) is 37.3 Å². The molecule has 1 rings (SSSR count). The summed E-state index contributed by atoms with van der Waals surface area (Å²) in [7, 11) is 0. The van der Waals surface area contributed by atoms with Crippen LogP contribution in [0.5, 0.6) is 0 Å². The Balaban J connectivity index is 3.08. The Bertz CT molecular complexity index is 336. The average Bonchev–Trinajstić information content (AvgIpc) is 2.03. The van der Waals surface area contributed by atoms with Gasteiger partial charge in [0.2, 0.25) is 0 Å². The normalized spacial score (nSPS) is 12.6. The van der Waals surface area contributed by atoms with Gasteiger partial charge in [0.15, 0.2) is 5.78 Å². The van der Waals surface area contributed by atoms with Crippen molar-refractivity contribution in [1.82, 2.24) is 0 Å². The van der Waals surface area contributed by atoms with E-state index < -0.39 is 23.5 Å². The van der Waals surface area contributed by atoms with Crippen LogP contribution >= 0.6 is 0 Å². The number of hydrogen-bond donors (Lipinski definition) is 1. The van der Waals surface area contributed by atoms with E-state index in [9.17, 15) is 13.6 Å². The van der Waals surface area contributed by atoms with E-state index >= 15 is 0 Å². The van der Waals surface area contributed by atoms with Crippen LogP contribution in [-0.2, 0) is 4.79 Å². The summed E-state index contributed by atoms with van der Waals surface area (Å²) in [6.45, 7) is 1.13. The molecule has 0 aliphatic heterocycles. The lowest BCUT2D eigenvalue weighted by Crippen LogP contribution is -2.09. The Morgan fingerprint density at radius 1 is 1.46 bits per heavy atom. The fraction of sp³-hybridized carbons (Fsp3) is 0.222. The first kappa shape index (κ1) is 9.80. The number of carbonyl (C=O) groups excluding carboxylic acids is 1. The molecule has 0 aromatic heterocycles. The van der Waals surface area contributed by atoms with Crippen LogP contribution in [0, 0.1) is 11.6 Å². The second kappa shape index (κ2) is 3.62. The summed E-state index contributed by atoms with van der Waals surface area (Å²) in [6, 6.07) is 2.67. The molecule has 0 fully saturated rings. The summed E-state index contributed by atoms with van der Waals surface area (Å²) < 4.78 is 25.3. The van der Waals surface area contributed by atoms with Crippen molar-refractivity contribution in [1.29, 1.82) is 0 Å². The van der Waals surface area contributed by atoms with Gasteiger partial charge in [-0.2, -0.15) is 0 Å². The largest absolute Gasteiger partial charge is 0.380 e. The van der Waals surface area contributed by atoms with Crippen LogP contribution in [0.25, 0.3) is 0 Å². The molecule has 4 heteroatoms. The summed E-state index contributed by atoms with van der Waals surface area (Å²) in [6.07, 6.45) is -1.51. The molecule has 2 nitrogen and oxygen atoms in total. The van der Waals surface area contributed by atoms with Crippen LogP contribution in [0.4, 0.5) is 8.78 Å². The Morgan fingerprint density at radius 2 is 2.08 bits per heavy atom. The summed E-state index contributed by atoms with van der Waals surface area (Å²) in [5, 5.41) is 9.16. The van der Waals surface area contributed by atoms with Gasteiger partial charge in [-0.15, -0.1) is 0 Å². The van der Waals surface area contributed by atoms with Crippen molar-refractivity contribution >= 4 is 5.78 Å². The lowest BCUT2D eigenvalue weighted by atomic mass is 10.1. The smallest absolute Gasteiger partial charge is 0.162 e. The Kier molecular flexibility index (Phi) is 2.72. The van der Waals surface area contributed by atoms with E-state index in [1.54, 1.807) is 0 Å². The van der Waals surface area contributed by atoms with E-state index in [1.807, 2.05) is 0 Å². The lowest BCUT2D eigenvalue weighted by Gasteiger charge is -2.07. The van der Waals surface area contributed by atoms with Crippen molar-refractivity contribution in [2.24, 2.45) is 0 Å². The molecule has 70 valence electrons. The predicted octanol–water partition coefficient (Wildman–Crippen LogP) is 1.59. The molecule has 0 heterocycles. The molecule has 0 spiro atoms. The molecular formula is C9H8F2O2. The van der Waals surface area contributed by atoms with E-state index in [4.69, 9.17) is 5.11 Å². The van der Waals surface area contributed by atoms with Crippen molar-refractivity contribution in [3.05, 3.63) is 35.4 Å². The Hall–Kier alpha value is -1.29. The highest BCUT2D eigenvalue weighted by atomic mass is 19.1. The Labute approximate surface area is 73.8 Å². The first-order chi connectivity index (χ1) is 6.02. The van der Waals surface area contributed by atoms with Crippen molar-refractivity contribution in [2.75, 3.05) is 0 Å². The Morgan fingerprint density at radius 3 is 2.54 bits per heavy atom. The maximum atomic E-state index is 12.9. The summed E-state index contributed by atoms with van der Waals surface area (Å²) in [4.78, 5) is 10.7. The van der Waals surface area contributed by atoms with E-state index in [2.05, 4.69) is 0 Å². The van der Waals surface area contributed by atoms with Crippen LogP contribution in [0.1, 0.15) is 18.6 Å². The van der Waals surface area contributed by atoms with Gasteiger partial charge in [-0.05, 0) is 13.0 Å². The lowest BCUT2D eigenvalue weighted by molar-refractivity contribution is -0.125. The summed E-state index contributed by atoms with van der Waals surface area (Å²) >= 11 is 0. The first-order valence-electron chi connectivity index (χ1n) is 3.66. The van der Waals surface area contributed by atoms with Crippen LogP contribution in [0.2, 0.25) is 0 Å². The van der Waals surface area contributed by atoms with Gasteiger partial charge in [-0.3, -0.25) is 4.79 Å². The van der Waals surface area contributed by atoms with Crippen molar-refractivity contribution < 1.29 is 18.7 Å². The molecule has 0 saturated heterocycles. The second-order valence-electron chi connectivity index (χ2n) is 2.68. The summed E-state index contributed by atoms with van der Waals surface area (Å²) in [5.41, 5.74) is -0.200. The highest BCUT2D eigenvalue weighted by Gasteiger charge is 2.17. The van der Waals surface area contributed by atoms with E-state index in [1.165, 1.54) is 0 Å². The number of aliphatic hydroxyl groups is 1. The highest BCUT2D eigenvalue weighted by molar-refractivity contribution is 5.81. The minimum atomic E-state index is -1.51. The number of aliphatic hydroxyl groups excluding tert-OH is 1. The van der Waals surface area contributed by atoms with Crippen LogP contribution < -0.4 is 0 Å². The zero-order valence-corrected chi connectivity index (χ0v) is 6.92. The number of carbonyl (C=O) groups is 1. The number of Topliss-reactive ketones (excluding diaryl/α,β-unsaturated/α-hetero) is 1. The number of rotatable bonds is 2. The maximum Gasteiger partial charge on any atom is 0.162 e. The third-order valence-electron chi connectivity index (χ3n) is 1.64.